The zero-order valence-electron chi connectivity index (χ0n) is 13.2. The second-order valence-electron chi connectivity index (χ2n) is 6.27. The molecule has 3 unspecified atom stereocenters. The van der Waals surface area contributed by atoms with E-state index in [-0.39, 0.29) is 11.3 Å². The minimum atomic E-state index is -2.68. The molecule has 0 spiro atoms. The lowest BCUT2D eigenvalue weighted by Gasteiger charge is -2.11. The maximum Gasteiger partial charge on any atom is 0.311 e. The van der Waals surface area contributed by atoms with Crippen molar-refractivity contribution in [3.05, 3.63) is 23.6 Å². The fourth-order valence-corrected chi connectivity index (χ4v) is 2.47. The number of alkyl halides is 2. The molecule has 0 saturated heterocycles. The highest BCUT2D eigenvalue weighted by Crippen LogP contribution is 2.59. The van der Waals surface area contributed by atoms with Crippen LogP contribution >= 0.6 is 0 Å². The first-order valence-electron chi connectivity index (χ1n) is 7.06. The summed E-state index contributed by atoms with van der Waals surface area (Å²) in [4.78, 5) is 12.1. The summed E-state index contributed by atoms with van der Waals surface area (Å²) in [5.41, 5.74) is 0.793. The number of allylic oxidation sites excluding steroid dienone is 3. The number of carbonyl (C=O) groups excluding carboxylic acids is 1. The SMILES string of the molecule is C#CC(OC(=O)C1C(C=C(C)C)C1(C)C)C(F)=CCC(F)F. The van der Waals surface area contributed by atoms with E-state index in [1.54, 1.807) is 0 Å². The number of carbonyl (C=O) groups is 1. The standard InChI is InChI=1S/C17H21F3O2/c1-6-13(12(18)7-8-14(19)20)22-16(21)15-11(9-10(2)3)17(15,4)5/h1,7,9,11,13-15H,8H2,2-5H3. The zero-order valence-corrected chi connectivity index (χ0v) is 13.2. The van der Waals surface area contributed by atoms with Crippen molar-refractivity contribution in [3.63, 3.8) is 0 Å². The predicted molar refractivity (Wildman–Crippen MR) is 78.7 cm³/mol. The monoisotopic (exact) mass is 314 g/mol. The Labute approximate surface area is 129 Å². The molecule has 1 aliphatic rings. The quantitative estimate of drug-likeness (QED) is 0.415. The molecule has 0 amide bonds. The van der Waals surface area contributed by atoms with Gasteiger partial charge in [-0.1, -0.05) is 31.4 Å². The van der Waals surface area contributed by atoms with E-state index in [1.807, 2.05) is 39.7 Å². The molecule has 0 radical (unpaired) electrons. The first-order valence-corrected chi connectivity index (χ1v) is 7.06. The van der Waals surface area contributed by atoms with Gasteiger partial charge in [0.25, 0.3) is 0 Å². The highest BCUT2D eigenvalue weighted by Gasteiger charge is 2.61. The van der Waals surface area contributed by atoms with Crippen molar-refractivity contribution in [1.29, 1.82) is 0 Å². The third-order valence-electron chi connectivity index (χ3n) is 3.80. The summed E-state index contributed by atoms with van der Waals surface area (Å²) >= 11 is 0. The summed E-state index contributed by atoms with van der Waals surface area (Å²) in [6.07, 6.45) is 2.77. The molecule has 0 bridgehead atoms. The molecule has 1 aliphatic carbocycles. The van der Waals surface area contributed by atoms with E-state index in [4.69, 9.17) is 11.2 Å². The Balaban J connectivity index is 2.73. The van der Waals surface area contributed by atoms with Crippen LogP contribution in [0.4, 0.5) is 13.2 Å². The first kappa shape index (κ1) is 18.3. The smallest absolute Gasteiger partial charge is 0.311 e. The van der Waals surface area contributed by atoms with Crippen molar-refractivity contribution < 1.29 is 22.7 Å². The number of ether oxygens (including phenoxy) is 1. The Hall–Kier alpha value is -1.70. The van der Waals surface area contributed by atoms with Crippen molar-refractivity contribution in [3.8, 4) is 12.3 Å². The summed E-state index contributed by atoms with van der Waals surface area (Å²) in [5.74, 6) is -0.0504. The van der Waals surface area contributed by atoms with Gasteiger partial charge in [0.15, 0.2) is 0 Å². The lowest BCUT2D eigenvalue weighted by Crippen LogP contribution is -2.20. The summed E-state index contributed by atoms with van der Waals surface area (Å²) in [6, 6.07) is 0. The highest BCUT2D eigenvalue weighted by atomic mass is 19.3. The minimum absolute atomic E-state index is 0.0107. The van der Waals surface area contributed by atoms with Crippen LogP contribution in [0.2, 0.25) is 0 Å². The molecule has 3 atom stereocenters. The first-order chi connectivity index (χ1) is 10.1. The van der Waals surface area contributed by atoms with Gasteiger partial charge in [0.2, 0.25) is 12.5 Å². The van der Waals surface area contributed by atoms with E-state index >= 15 is 0 Å². The molecule has 2 nitrogen and oxygen atoms in total. The summed E-state index contributed by atoms with van der Waals surface area (Å²) in [5, 5.41) is 0. The molecule has 1 fully saturated rings. The molecule has 0 heterocycles. The number of hydrogen-bond acceptors (Lipinski definition) is 2. The zero-order chi connectivity index (χ0) is 17.1. The highest BCUT2D eigenvalue weighted by molar-refractivity contribution is 5.79. The molecule has 0 aromatic rings. The molecule has 5 heteroatoms. The summed E-state index contributed by atoms with van der Waals surface area (Å²) in [7, 11) is 0. The topological polar surface area (TPSA) is 26.3 Å². The normalized spacial score (nSPS) is 24.4. The number of terminal acetylenes is 1. The van der Waals surface area contributed by atoms with Gasteiger partial charge < -0.3 is 4.74 Å². The van der Waals surface area contributed by atoms with E-state index in [9.17, 15) is 18.0 Å². The van der Waals surface area contributed by atoms with E-state index in [1.165, 1.54) is 0 Å². The van der Waals surface area contributed by atoms with Crippen LogP contribution in [0.3, 0.4) is 0 Å². The Morgan fingerprint density at radius 3 is 2.45 bits per heavy atom. The molecule has 0 N–H and O–H groups in total. The Bertz CT molecular complexity index is 523. The van der Waals surface area contributed by atoms with Crippen LogP contribution in [0.25, 0.3) is 0 Å². The molecule has 122 valence electrons. The Morgan fingerprint density at radius 1 is 1.41 bits per heavy atom. The summed E-state index contributed by atoms with van der Waals surface area (Å²) in [6.45, 7) is 7.68. The van der Waals surface area contributed by atoms with Crippen molar-refractivity contribution in [2.45, 2.75) is 46.6 Å². The third kappa shape index (κ3) is 4.40. The van der Waals surface area contributed by atoms with Crippen molar-refractivity contribution in [1.82, 2.24) is 0 Å². The van der Waals surface area contributed by atoms with E-state index in [2.05, 4.69) is 0 Å². The molecule has 1 saturated carbocycles. The van der Waals surface area contributed by atoms with Crippen LogP contribution in [-0.2, 0) is 9.53 Å². The number of halogens is 3. The molecule has 22 heavy (non-hydrogen) atoms. The van der Waals surface area contributed by atoms with Gasteiger partial charge in [0.1, 0.15) is 5.83 Å². The molecular weight excluding hydrogens is 293 g/mol. The Kier molecular flexibility index (Phi) is 5.87. The molecule has 0 aliphatic heterocycles. The van der Waals surface area contributed by atoms with E-state index in [0.717, 1.165) is 5.57 Å². The van der Waals surface area contributed by atoms with Crippen LogP contribution in [0, 0.1) is 29.6 Å². The lowest BCUT2D eigenvalue weighted by molar-refractivity contribution is -0.148. The average molecular weight is 314 g/mol. The Morgan fingerprint density at radius 2 is 2.00 bits per heavy atom. The van der Waals surface area contributed by atoms with Gasteiger partial charge in [-0.2, -0.15) is 0 Å². The van der Waals surface area contributed by atoms with E-state index < -0.39 is 36.7 Å². The largest absolute Gasteiger partial charge is 0.441 e. The van der Waals surface area contributed by atoms with Crippen LogP contribution in [-0.4, -0.2) is 18.5 Å². The average Bonchev–Trinajstić information content (AvgIpc) is 2.93. The van der Waals surface area contributed by atoms with Gasteiger partial charge in [-0.15, -0.1) is 6.42 Å². The van der Waals surface area contributed by atoms with Crippen LogP contribution in [0.15, 0.2) is 23.6 Å². The molecular formula is C17H21F3O2. The lowest BCUT2D eigenvalue weighted by atomic mass is 10.1. The fourth-order valence-electron chi connectivity index (χ4n) is 2.47. The van der Waals surface area contributed by atoms with Gasteiger partial charge >= 0.3 is 5.97 Å². The second-order valence-corrected chi connectivity index (χ2v) is 6.27. The van der Waals surface area contributed by atoms with Crippen LogP contribution < -0.4 is 0 Å². The number of esters is 1. The van der Waals surface area contributed by atoms with E-state index in [0.29, 0.717) is 6.08 Å². The van der Waals surface area contributed by atoms with Crippen molar-refractivity contribution in [2.75, 3.05) is 0 Å². The maximum atomic E-state index is 13.7. The van der Waals surface area contributed by atoms with Gasteiger partial charge in [-0.3, -0.25) is 4.79 Å². The fraction of sp³-hybridized carbons (Fsp3) is 0.588. The summed E-state index contributed by atoms with van der Waals surface area (Å²) < 4.78 is 42.8. The minimum Gasteiger partial charge on any atom is -0.441 e. The van der Waals surface area contributed by atoms with Gasteiger partial charge in [-0.25, -0.2) is 13.2 Å². The predicted octanol–water partition coefficient (Wildman–Crippen LogP) is 4.28. The van der Waals surface area contributed by atoms with Gasteiger partial charge in [0.05, 0.1) is 5.92 Å². The molecule has 0 aromatic carbocycles. The van der Waals surface area contributed by atoms with Gasteiger partial charge in [-0.05, 0) is 31.3 Å². The van der Waals surface area contributed by atoms with Crippen LogP contribution in [0.1, 0.15) is 34.1 Å². The van der Waals surface area contributed by atoms with Crippen molar-refractivity contribution in [2.24, 2.45) is 17.3 Å². The van der Waals surface area contributed by atoms with Crippen molar-refractivity contribution >= 4 is 5.97 Å². The third-order valence-corrected chi connectivity index (χ3v) is 3.80. The second kappa shape index (κ2) is 7.04. The van der Waals surface area contributed by atoms with Gasteiger partial charge in [0, 0.05) is 6.42 Å². The molecule has 0 aromatic heterocycles. The number of rotatable bonds is 6. The maximum absolute atomic E-state index is 13.7. The van der Waals surface area contributed by atoms with Crippen LogP contribution in [0.5, 0.6) is 0 Å². The molecule has 1 rings (SSSR count). The number of hydrogen-bond donors (Lipinski definition) is 0.